The van der Waals surface area contributed by atoms with Crippen molar-refractivity contribution in [3.8, 4) is 0 Å². The number of piperazine rings is 1. The summed E-state index contributed by atoms with van der Waals surface area (Å²) in [6, 6.07) is 16.6. The lowest BCUT2D eigenvalue weighted by molar-refractivity contribution is 0.0766. The van der Waals surface area contributed by atoms with Crippen molar-refractivity contribution in [1.29, 1.82) is 0 Å². The Kier molecular flexibility index (Phi) is 5.41. The van der Waals surface area contributed by atoms with Crippen LogP contribution in [0.1, 0.15) is 22.1 Å². The number of hydrogen-bond donors (Lipinski definition) is 1. The van der Waals surface area contributed by atoms with Crippen molar-refractivity contribution >= 4 is 23.5 Å². The van der Waals surface area contributed by atoms with E-state index in [9.17, 15) is 4.79 Å². The van der Waals surface area contributed by atoms with E-state index >= 15 is 0 Å². The normalized spacial score (nSPS) is 20.8. The first kappa shape index (κ1) is 17.4. The molecule has 3 heterocycles. The number of aromatic nitrogens is 1. The van der Waals surface area contributed by atoms with Crippen LogP contribution in [0.3, 0.4) is 0 Å². The smallest absolute Gasteiger partial charge is 0.272 e. The highest BCUT2D eigenvalue weighted by Gasteiger charge is 2.24. The molecule has 5 nitrogen and oxygen atoms in total. The summed E-state index contributed by atoms with van der Waals surface area (Å²) in [4.78, 5) is 21.6. The summed E-state index contributed by atoms with van der Waals surface area (Å²) >= 11 is 1.91. The summed E-state index contributed by atoms with van der Waals surface area (Å²) in [6.45, 7) is 4.30. The number of benzene rings is 1. The average Bonchev–Trinajstić information content (AvgIpc) is 2.75. The third kappa shape index (κ3) is 3.86. The zero-order valence-electron chi connectivity index (χ0n) is 14.8. The van der Waals surface area contributed by atoms with Crippen LogP contribution in [0.5, 0.6) is 0 Å². The van der Waals surface area contributed by atoms with Crippen molar-refractivity contribution < 1.29 is 4.79 Å². The number of carbonyl (C=O) groups excluding carboxylic acids is 1. The molecule has 2 aromatic rings. The molecule has 0 spiro atoms. The molecule has 0 aliphatic carbocycles. The molecule has 2 aliphatic rings. The minimum atomic E-state index is 0.0573. The van der Waals surface area contributed by atoms with Gasteiger partial charge in [-0.05, 0) is 17.7 Å². The highest BCUT2D eigenvalue weighted by molar-refractivity contribution is 7.99. The summed E-state index contributed by atoms with van der Waals surface area (Å²) in [5, 5.41) is 3.58. The Bertz CT molecular complexity index is 748. The van der Waals surface area contributed by atoms with Gasteiger partial charge in [-0.3, -0.25) is 4.79 Å². The monoisotopic (exact) mass is 368 g/mol. The van der Waals surface area contributed by atoms with Gasteiger partial charge in [0.2, 0.25) is 0 Å². The lowest BCUT2D eigenvalue weighted by atomic mass is 10.0. The van der Waals surface area contributed by atoms with E-state index in [0.717, 1.165) is 50.0 Å². The first-order valence-electron chi connectivity index (χ1n) is 9.18. The molecule has 26 heavy (non-hydrogen) atoms. The van der Waals surface area contributed by atoms with Crippen molar-refractivity contribution in [2.24, 2.45) is 0 Å². The van der Waals surface area contributed by atoms with E-state index in [0.29, 0.717) is 5.69 Å². The second-order valence-electron chi connectivity index (χ2n) is 6.65. The number of hydrogen-bond acceptors (Lipinski definition) is 5. The van der Waals surface area contributed by atoms with E-state index < -0.39 is 0 Å². The van der Waals surface area contributed by atoms with Gasteiger partial charge in [0.1, 0.15) is 11.5 Å². The van der Waals surface area contributed by atoms with Crippen molar-refractivity contribution in [2.45, 2.75) is 6.04 Å². The summed E-state index contributed by atoms with van der Waals surface area (Å²) in [5.41, 5.74) is 1.85. The Hall–Kier alpha value is -2.05. The number of anilines is 1. The molecule has 1 N–H and O–H groups in total. The summed E-state index contributed by atoms with van der Waals surface area (Å²) in [5.74, 6) is 2.98. The van der Waals surface area contributed by atoms with Crippen LogP contribution in [0.25, 0.3) is 0 Å². The number of thioether (sulfide) groups is 1. The zero-order valence-corrected chi connectivity index (χ0v) is 15.6. The van der Waals surface area contributed by atoms with Crippen molar-refractivity contribution in [2.75, 3.05) is 49.1 Å². The Labute approximate surface area is 158 Å². The van der Waals surface area contributed by atoms with Crippen LogP contribution in [0, 0.1) is 0 Å². The third-order valence-corrected chi connectivity index (χ3v) is 5.90. The minimum absolute atomic E-state index is 0.0573. The van der Waals surface area contributed by atoms with Crippen LogP contribution < -0.4 is 10.2 Å². The van der Waals surface area contributed by atoms with Gasteiger partial charge in [0.05, 0.1) is 0 Å². The fourth-order valence-corrected chi connectivity index (χ4v) is 4.42. The molecule has 2 fully saturated rings. The maximum Gasteiger partial charge on any atom is 0.272 e. The first-order valence-corrected chi connectivity index (χ1v) is 10.3. The maximum absolute atomic E-state index is 12.7. The predicted molar refractivity (Wildman–Crippen MR) is 107 cm³/mol. The summed E-state index contributed by atoms with van der Waals surface area (Å²) < 4.78 is 0. The van der Waals surface area contributed by atoms with Gasteiger partial charge in [-0.25, -0.2) is 4.98 Å². The fraction of sp³-hybridized carbons (Fsp3) is 0.400. The second-order valence-corrected chi connectivity index (χ2v) is 7.87. The molecule has 6 heteroatoms. The summed E-state index contributed by atoms with van der Waals surface area (Å²) in [7, 11) is 0. The topological polar surface area (TPSA) is 48.5 Å². The molecule has 4 rings (SSSR count). The lowest BCUT2D eigenvalue weighted by Crippen LogP contribution is -2.46. The maximum atomic E-state index is 12.7. The molecule has 1 aromatic carbocycles. The lowest BCUT2D eigenvalue weighted by Gasteiger charge is -2.35. The van der Waals surface area contributed by atoms with Gasteiger partial charge >= 0.3 is 0 Å². The van der Waals surface area contributed by atoms with Crippen molar-refractivity contribution in [3.63, 3.8) is 0 Å². The van der Waals surface area contributed by atoms with Gasteiger partial charge in [-0.1, -0.05) is 36.4 Å². The first-order chi connectivity index (χ1) is 12.8. The fourth-order valence-electron chi connectivity index (χ4n) is 3.51. The minimum Gasteiger partial charge on any atom is -0.353 e. The number of nitrogens with one attached hydrogen (secondary N) is 1. The molecule has 0 saturated carbocycles. The largest absolute Gasteiger partial charge is 0.353 e. The van der Waals surface area contributed by atoms with Gasteiger partial charge in [0, 0.05) is 50.3 Å². The molecule has 2 aliphatic heterocycles. The Morgan fingerprint density at radius 3 is 2.65 bits per heavy atom. The molecule has 1 aromatic heterocycles. The molecule has 0 radical (unpaired) electrons. The van der Waals surface area contributed by atoms with E-state index in [4.69, 9.17) is 4.98 Å². The Morgan fingerprint density at radius 1 is 1.04 bits per heavy atom. The van der Waals surface area contributed by atoms with Gasteiger partial charge in [-0.15, -0.1) is 0 Å². The van der Waals surface area contributed by atoms with Gasteiger partial charge < -0.3 is 15.1 Å². The van der Waals surface area contributed by atoms with E-state index in [2.05, 4.69) is 34.5 Å². The van der Waals surface area contributed by atoms with E-state index in [-0.39, 0.29) is 11.9 Å². The average molecular weight is 369 g/mol. The van der Waals surface area contributed by atoms with Crippen molar-refractivity contribution in [3.05, 3.63) is 59.8 Å². The van der Waals surface area contributed by atoms with E-state index in [1.165, 1.54) is 5.56 Å². The standard InChI is InChI=1S/C20H24N4OS/c25-20(23-11-13-26-14-12-23)17-7-4-8-19(22-17)24-10-9-21-18(15-24)16-5-2-1-3-6-16/h1-8,18,21H,9-15H2/t18-/m1/s1. The molecular formula is C20H24N4OS. The van der Waals surface area contributed by atoms with Crippen LogP contribution >= 0.6 is 11.8 Å². The second kappa shape index (κ2) is 8.10. The van der Waals surface area contributed by atoms with Crippen LogP contribution in [-0.4, -0.2) is 60.0 Å². The molecule has 1 amide bonds. The SMILES string of the molecule is O=C(c1cccc(N2CCN[C@@H](c3ccccc3)C2)n1)N1CCSCC1. The number of amides is 1. The van der Waals surface area contributed by atoms with Crippen LogP contribution in [0.4, 0.5) is 5.82 Å². The zero-order chi connectivity index (χ0) is 17.8. The van der Waals surface area contributed by atoms with Crippen molar-refractivity contribution in [1.82, 2.24) is 15.2 Å². The van der Waals surface area contributed by atoms with Gasteiger partial charge in [0.15, 0.2) is 0 Å². The number of rotatable bonds is 3. The van der Waals surface area contributed by atoms with Crippen LogP contribution in [0.2, 0.25) is 0 Å². The number of pyridine rings is 1. The van der Waals surface area contributed by atoms with Gasteiger partial charge in [-0.2, -0.15) is 11.8 Å². The molecule has 136 valence electrons. The predicted octanol–water partition coefficient (Wildman–Crippen LogP) is 2.42. The Balaban J connectivity index is 1.49. The quantitative estimate of drug-likeness (QED) is 0.902. The third-order valence-electron chi connectivity index (χ3n) is 4.95. The van der Waals surface area contributed by atoms with E-state index in [1.54, 1.807) is 0 Å². The highest BCUT2D eigenvalue weighted by Crippen LogP contribution is 2.22. The highest BCUT2D eigenvalue weighted by atomic mass is 32.2. The molecule has 0 bridgehead atoms. The molecule has 2 saturated heterocycles. The molecule has 0 unspecified atom stereocenters. The van der Waals surface area contributed by atoms with Gasteiger partial charge in [0.25, 0.3) is 5.91 Å². The summed E-state index contributed by atoms with van der Waals surface area (Å²) in [6.07, 6.45) is 0. The van der Waals surface area contributed by atoms with E-state index in [1.807, 2.05) is 40.9 Å². The van der Waals surface area contributed by atoms with Crippen LogP contribution in [-0.2, 0) is 0 Å². The van der Waals surface area contributed by atoms with Crippen LogP contribution in [0.15, 0.2) is 48.5 Å². The molecular weight excluding hydrogens is 344 g/mol. The Morgan fingerprint density at radius 2 is 1.85 bits per heavy atom. The molecule has 1 atom stereocenters. The number of nitrogens with zero attached hydrogens (tertiary/aromatic N) is 3. The number of carbonyl (C=O) groups is 1.